The summed E-state index contributed by atoms with van der Waals surface area (Å²) in [6.07, 6.45) is 2.36. The fraction of sp³-hybridized carbons (Fsp3) is 0.400. The fourth-order valence-electron chi connectivity index (χ4n) is 3.77. The first kappa shape index (κ1) is 14.2. The average Bonchev–Trinajstić information content (AvgIpc) is 2.89. The normalized spacial score (nSPS) is 21.3. The van der Waals surface area contributed by atoms with Gasteiger partial charge in [-0.1, -0.05) is 50.6 Å². The van der Waals surface area contributed by atoms with Crippen LogP contribution in [0.1, 0.15) is 44.8 Å². The summed E-state index contributed by atoms with van der Waals surface area (Å²) in [6.45, 7) is 13.3. The van der Waals surface area contributed by atoms with Gasteiger partial charge in [0, 0.05) is 0 Å². The van der Waals surface area contributed by atoms with Crippen molar-refractivity contribution >= 4 is 11.6 Å². The predicted molar refractivity (Wildman–Crippen MR) is 88.6 cm³/mol. The Morgan fingerprint density at radius 2 is 1.71 bits per heavy atom. The predicted octanol–water partition coefficient (Wildman–Crippen LogP) is 3.85. The third-order valence-corrected chi connectivity index (χ3v) is 4.44. The van der Waals surface area contributed by atoms with E-state index in [9.17, 15) is 0 Å². The molecule has 3 rings (SSSR count). The molecule has 0 N–H and O–H groups in total. The second-order valence-corrected chi connectivity index (χ2v) is 7.47. The summed E-state index contributed by atoms with van der Waals surface area (Å²) in [4.78, 5) is 0. The van der Waals surface area contributed by atoms with E-state index >= 15 is 0 Å². The van der Waals surface area contributed by atoms with Gasteiger partial charge < -0.3 is 4.42 Å². The van der Waals surface area contributed by atoms with Gasteiger partial charge in [0.25, 0.3) is 0 Å². The monoisotopic (exact) mass is 280 g/mol. The van der Waals surface area contributed by atoms with Crippen LogP contribution in [0.25, 0.3) is 11.6 Å². The highest BCUT2D eigenvalue weighted by Crippen LogP contribution is 2.45. The average molecular weight is 280 g/mol. The molecular weight excluding hydrogens is 256 g/mol. The molecule has 0 fully saturated rings. The second kappa shape index (κ2) is 4.37. The molecular formula is C20H24O. The van der Waals surface area contributed by atoms with Crippen LogP contribution >= 0.6 is 0 Å². The third kappa shape index (κ3) is 2.16. The molecule has 1 aliphatic rings. The van der Waals surface area contributed by atoms with Crippen LogP contribution < -0.4 is 10.4 Å². The topological polar surface area (TPSA) is 13.1 Å². The highest BCUT2D eigenvalue weighted by atomic mass is 16.3. The maximum atomic E-state index is 6.01. The van der Waals surface area contributed by atoms with E-state index in [-0.39, 0.29) is 10.8 Å². The van der Waals surface area contributed by atoms with Gasteiger partial charge in [-0.25, -0.2) is 0 Å². The Bertz CT molecular complexity index is 814. The van der Waals surface area contributed by atoms with Crippen molar-refractivity contribution < 1.29 is 4.42 Å². The molecule has 110 valence electrons. The molecule has 1 aliphatic carbocycles. The number of furan rings is 1. The highest BCUT2D eigenvalue weighted by molar-refractivity contribution is 5.77. The number of hydrogen-bond acceptors (Lipinski definition) is 1. The minimum atomic E-state index is -0.164. The molecule has 0 saturated carbocycles. The van der Waals surface area contributed by atoms with Crippen LogP contribution in [0.4, 0.5) is 0 Å². The van der Waals surface area contributed by atoms with Crippen molar-refractivity contribution in [1.29, 1.82) is 0 Å². The number of benzene rings is 1. The molecule has 2 aromatic rings. The molecule has 1 aromatic carbocycles. The van der Waals surface area contributed by atoms with Crippen molar-refractivity contribution in [3.63, 3.8) is 0 Å². The van der Waals surface area contributed by atoms with E-state index < -0.39 is 0 Å². The van der Waals surface area contributed by atoms with E-state index in [1.807, 2.05) is 6.92 Å². The van der Waals surface area contributed by atoms with Gasteiger partial charge >= 0.3 is 0 Å². The fourth-order valence-corrected chi connectivity index (χ4v) is 3.77. The van der Waals surface area contributed by atoms with Gasteiger partial charge in [0.2, 0.25) is 0 Å². The Balaban J connectivity index is 2.39. The highest BCUT2D eigenvalue weighted by Gasteiger charge is 2.40. The Morgan fingerprint density at radius 1 is 1.00 bits per heavy atom. The van der Waals surface area contributed by atoms with E-state index in [2.05, 4.69) is 71.0 Å². The zero-order valence-corrected chi connectivity index (χ0v) is 13.9. The summed E-state index contributed by atoms with van der Waals surface area (Å²) in [5, 5.41) is 2.70. The smallest absolute Gasteiger partial charge is 0.117 e. The molecule has 1 unspecified atom stereocenters. The van der Waals surface area contributed by atoms with Gasteiger partial charge in [0.15, 0.2) is 0 Å². The molecule has 0 spiro atoms. The number of hydrogen-bond donors (Lipinski definition) is 0. The summed E-state index contributed by atoms with van der Waals surface area (Å²) in [5.74, 6) is 2.01. The van der Waals surface area contributed by atoms with Crippen molar-refractivity contribution in [3.8, 4) is 0 Å². The maximum Gasteiger partial charge on any atom is 0.117 e. The van der Waals surface area contributed by atoms with Crippen molar-refractivity contribution in [1.82, 2.24) is 0 Å². The number of fused-ring (bicyclic) bond motifs is 1. The summed E-state index contributed by atoms with van der Waals surface area (Å²) in [6, 6.07) is 10.9. The molecule has 1 heteroatoms. The van der Waals surface area contributed by atoms with E-state index in [0.717, 1.165) is 11.5 Å². The van der Waals surface area contributed by atoms with Gasteiger partial charge in [0.05, 0.1) is 5.41 Å². The molecule has 21 heavy (non-hydrogen) atoms. The van der Waals surface area contributed by atoms with E-state index in [1.165, 1.54) is 21.6 Å². The van der Waals surface area contributed by atoms with Crippen molar-refractivity contribution in [2.75, 3.05) is 0 Å². The Morgan fingerprint density at radius 3 is 2.29 bits per heavy atom. The van der Waals surface area contributed by atoms with Crippen LogP contribution in [0.5, 0.6) is 0 Å². The summed E-state index contributed by atoms with van der Waals surface area (Å²) < 4.78 is 6.01. The van der Waals surface area contributed by atoms with E-state index in [1.54, 1.807) is 0 Å². The molecule has 0 aliphatic heterocycles. The molecule has 0 radical (unpaired) electrons. The molecule has 0 bridgehead atoms. The van der Waals surface area contributed by atoms with Gasteiger partial charge in [-0.15, -0.1) is 0 Å². The van der Waals surface area contributed by atoms with Crippen LogP contribution in [0.2, 0.25) is 0 Å². The van der Waals surface area contributed by atoms with Crippen LogP contribution in [0.15, 0.2) is 34.7 Å². The molecule has 0 saturated heterocycles. The summed E-state index contributed by atoms with van der Waals surface area (Å²) in [7, 11) is 0. The van der Waals surface area contributed by atoms with Crippen LogP contribution in [-0.2, 0) is 5.41 Å². The van der Waals surface area contributed by atoms with Gasteiger partial charge in [-0.3, -0.25) is 0 Å². The first-order valence-corrected chi connectivity index (χ1v) is 7.63. The molecule has 1 heterocycles. The Hall–Kier alpha value is -1.76. The standard InChI is InChI=1S/C20H24O/c1-13-7-9-15-12-20(6,17-10-8-14(2)21-17)18(16(15)11-13)19(3,4)5/h7-12H,1-6H3. The summed E-state index contributed by atoms with van der Waals surface area (Å²) in [5.41, 5.74) is 2.68. The second-order valence-electron chi connectivity index (χ2n) is 7.47. The summed E-state index contributed by atoms with van der Waals surface area (Å²) >= 11 is 0. The minimum Gasteiger partial charge on any atom is -0.465 e. The molecule has 0 amide bonds. The Labute approximate surface area is 127 Å². The van der Waals surface area contributed by atoms with E-state index in [0.29, 0.717) is 0 Å². The molecule has 1 atom stereocenters. The van der Waals surface area contributed by atoms with Crippen LogP contribution in [-0.4, -0.2) is 0 Å². The largest absolute Gasteiger partial charge is 0.465 e. The minimum absolute atomic E-state index is 0.0883. The van der Waals surface area contributed by atoms with Gasteiger partial charge in [0.1, 0.15) is 11.5 Å². The molecule has 1 aromatic heterocycles. The van der Waals surface area contributed by atoms with Crippen molar-refractivity contribution in [3.05, 3.63) is 57.9 Å². The zero-order chi connectivity index (χ0) is 15.4. The zero-order valence-electron chi connectivity index (χ0n) is 13.9. The lowest BCUT2D eigenvalue weighted by Crippen LogP contribution is -2.31. The van der Waals surface area contributed by atoms with Gasteiger partial charge in [-0.2, -0.15) is 0 Å². The molecule has 1 nitrogen and oxygen atoms in total. The lowest BCUT2D eigenvalue weighted by atomic mass is 9.70. The lowest BCUT2D eigenvalue weighted by molar-refractivity contribution is 0.427. The quantitative estimate of drug-likeness (QED) is 0.773. The SMILES string of the molecule is Cc1ccc2c(c1)=C(C(C)(C)C)C(C)(c1ccc(C)o1)C=2. The van der Waals surface area contributed by atoms with Crippen molar-refractivity contribution in [2.24, 2.45) is 5.41 Å². The van der Waals surface area contributed by atoms with Gasteiger partial charge in [-0.05, 0) is 54.3 Å². The first-order valence-electron chi connectivity index (χ1n) is 7.63. The first-order chi connectivity index (χ1) is 9.72. The van der Waals surface area contributed by atoms with Crippen molar-refractivity contribution in [2.45, 2.75) is 47.0 Å². The lowest BCUT2D eigenvalue weighted by Gasteiger charge is -2.34. The Kier molecular flexibility index (Phi) is 2.95. The number of rotatable bonds is 1. The maximum absolute atomic E-state index is 6.01. The third-order valence-electron chi connectivity index (χ3n) is 4.44. The van der Waals surface area contributed by atoms with E-state index in [4.69, 9.17) is 4.42 Å². The number of aryl methyl sites for hydroxylation is 2. The van der Waals surface area contributed by atoms with Crippen LogP contribution in [0.3, 0.4) is 0 Å². The van der Waals surface area contributed by atoms with Crippen LogP contribution in [0, 0.1) is 19.3 Å².